The van der Waals surface area contributed by atoms with E-state index in [0.29, 0.717) is 13.0 Å². The van der Waals surface area contributed by atoms with Crippen LogP contribution in [0.2, 0.25) is 0 Å². The van der Waals surface area contributed by atoms with Crippen LogP contribution >= 0.6 is 0 Å². The molecular weight excluding hydrogens is 408 g/mol. The average molecular weight is 439 g/mol. The first kappa shape index (κ1) is 24.8. The molecule has 1 aromatic carbocycles. The van der Waals surface area contributed by atoms with E-state index < -0.39 is 46.4 Å². The Bertz CT molecular complexity index is 842. The standard InChI is InChI=1S/C23H31F2NO5/c1-22(2,3)30-20(28)16(11-14-7-8-18(24)17(13-27)19(14)25)15-9-10-26(12-15)21(29)31-23(4,5)6/h7-8,13,15-16H,9-12H2,1-6H3/t15-,16-/m0/s1. The van der Waals surface area contributed by atoms with Gasteiger partial charge in [0.25, 0.3) is 0 Å². The highest BCUT2D eigenvalue weighted by Crippen LogP contribution is 2.31. The predicted octanol–water partition coefficient (Wildman–Crippen LogP) is 4.53. The number of esters is 1. The molecule has 6 nitrogen and oxygen atoms in total. The number of hydrogen-bond donors (Lipinski definition) is 0. The minimum absolute atomic E-state index is 0.0510. The molecule has 0 radical (unpaired) electrons. The van der Waals surface area contributed by atoms with E-state index in [1.165, 1.54) is 11.0 Å². The number of hydrogen-bond acceptors (Lipinski definition) is 5. The number of benzene rings is 1. The van der Waals surface area contributed by atoms with Crippen LogP contribution in [0.15, 0.2) is 12.1 Å². The maximum absolute atomic E-state index is 14.7. The average Bonchev–Trinajstić information content (AvgIpc) is 3.08. The number of carbonyl (C=O) groups is 3. The molecule has 0 bridgehead atoms. The summed E-state index contributed by atoms with van der Waals surface area (Å²) in [6, 6.07) is 2.24. The van der Waals surface area contributed by atoms with Gasteiger partial charge in [-0.05, 0) is 71.9 Å². The Kier molecular flexibility index (Phi) is 7.44. The minimum atomic E-state index is -0.981. The van der Waals surface area contributed by atoms with Crippen molar-refractivity contribution in [1.82, 2.24) is 4.90 Å². The number of nitrogens with zero attached hydrogens (tertiary/aromatic N) is 1. The number of aldehydes is 1. The summed E-state index contributed by atoms with van der Waals surface area (Å²) in [5, 5.41) is 0. The van der Waals surface area contributed by atoms with E-state index in [9.17, 15) is 23.2 Å². The highest BCUT2D eigenvalue weighted by Gasteiger charge is 2.39. The third-order valence-corrected chi connectivity index (χ3v) is 4.92. The van der Waals surface area contributed by atoms with Gasteiger partial charge >= 0.3 is 12.1 Å². The molecule has 1 aliphatic rings. The zero-order valence-corrected chi connectivity index (χ0v) is 19.0. The van der Waals surface area contributed by atoms with E-state index in [2.05, 4.69) is 0 Å². The van der Waals surface area contributed by atoms with Gasteiger partial charge in [0.15, 0.2) is 6.29 Å². The first-order chi connectivity index (χ1) is 14.2. The number of rotatable bonds is 5. The first-order valence-corrected chi connectivity index (χ1v) is 10.3. The lowest BCUT2D eigenvalue weighted by Crippen LogP contribution is -2.38. The molecule has 31 heavy (non-hydrogen) atoms. The zero-order chi connectivity index (χ0) is 23.6. The summed E-state index contributed by atoms with van der Waals surface area (Å²) in [6.45, 7) is 11.1. The maximum atomic E-state index is 14.7. The summed E-state index contributed by atoms with van der Waals surface area (Å²) in [6.07, 6.45) is 0.0756. The molecule has 1 heterocycles. The van der Waals surface area contributed by atoms with Crippen LogP contribution < -0.4 is 0 Å². The van der Waals surface area contributed by atoms with Gasteiger partial charge < -0.3 is 14.4 Å². The lowest BCUT2D eigenvalue weighted by atomic mass is 9.85. The van der Waals surface area contributed by atoms with Crippen molar-refractivity contribution < 1.29 is 32.6 Å². The lowest BCUT2D eigenvalue weighted by molar-refractivity contribution is -0.162. The van der Waals surface area contributed by atoms with E-state index >= 15 is 0 Å². The number of halogens is 2. The second-order valence-corrected chi connectivity index (χ2v) is 9.87. The van der Waals surface area contributed by atoms with Crippen LogP contribution in [-0.2, 0) is 20.7 Å². The van der Waals surface area contributed by atoms with Gasteiger partial charge in [-0.1, -0.05) is 6.07 Å². The summed E-state index contributed by atoms with van der Waals surface area (Å²) >= 11 is 0. The molecule has 2 atom stereocenters. The smallest absolute Gasteiger partial charge is 0.410 e. The van der Waals surface area contributed by atoms with Crippen molar-refractivity contribution in [3.05, 3.63) is 34.9 Å². The van der Waals surface area contributed by atoms with Gasteiger partial charge in [-0.15, -0.1) is 0 Å². The van der Waals surface area contributed by atoms with Crippen LogP contribution in [0.1, 0.15) is 63.9 Å². The van der Waals surface area contributed by atoms with Crippen LogP contribution in [0.25, 0.3) is 0 Å². The topological polar surface area (TPSA) is 72.9 Å². The van der Waals surface area contributed by atoms with E-state index in [0.717, 1.165) is 6.07 Å². The molecule has 0 aromatic heterocycles. The van der Waals surface area contributed by atoms with Crippen molar-refractivity contribution in [3.63, 3.8) is 0 Å². The third-order valence-electron chi connectivity index (χ3n) is 4.92. The van der Waals surface area contributed by atoms with Crippen LogP contribution in [0.4, 0.5) is 13.6 Å². The molecule has 1 fully saturated rings. The van der Waals surface area contributed by atoms with Crippen molar-refractivity contribution in [2.75, 3.05) is 13.1 Å². The number of likely N-dealkylation sites (tertiary alicyclic amines) is 1. The fraction of sp³-hybridized carbons (Fsp3) is 0.609. The van der Waals surface area contributed by atoms with E-state index in [-0.39, 0.29) is 30.7 Å². The van der Waals surface area contributed by atoms with Crippen molar-refractivity contribution in [1.29, 1.82) is 0 Å². The fourth-order valence-corrected chi connectivity index (χ4v) is 3.55. The van der Waals surface area contributed by atoms with Crippen LogP contribution in [0.5, 0.6) is 0 Å². The van der Waals surface area contributed by atoms with Gasteiger partial charge in [-0.2, -0.15) is 0 Å². The second-order valence-electron chi connectivity index (χ2n) is 9.87. The Balaban J connectivity index is 2.28. The molecule has 8 heteroatoms. The molecular formula is C23H31F2NO5. The highest BCUT2D eigenvalue weighted by atomic mass is 19.1. The molecule has 1 aromatic rings. The Morgan fingerprint density at radius 3 is 2.29 bits per heavy atom. The number of carbonyl (C=O) groups excluding carboxylic acids is 3. The normalized spacial score (nSPS) is 17.9. The quantitative estimate of drug-likeness (QED) is 0.498. The molecule has 1 saturated heterocycles. The van der Waals surface area contributed by atoms with Crippen molar-refractivity contribution in [2.24, 2.45) is 11.8 Å². The highest BCUT2D eigenvalue weighted by molar-refractivity contribution is 5.77. The van der Waals surface area contributed by atoms with Gasteiger partial charge in [0.1, 0.15) is 22.8 Å². The maximum Gasteiger partial charge on any atom is 0.410 e. The Morgan fingerprint density at radius 2 is 1.74 bits per heavy atom. The monoisotopic (exact) mass is 439 g/mol. The molecule has 0 saturated carbocycles. The Hall–Kier alpha value is -2.51. The summed E-state index contributed by atoms with van der Waals surface area (Å²) in [7, 11) is 0. The Morgan fingerprint density at radius 1 is 1.13 bits per heavy atom. The van der Waals surface area contributed by atoms with Crippen LogP contribution in [0.3, 0.4) is 0 Å². The molecule has 2 rings (SSSR count). The summed E-state index contributed by atoms with van der Waals surface area (Å²) in [5.74, 6) is -3.54. The molecule has 0 spiro atoms. The van der Waals surface area contributed by atoms with Gasteiger partial charge in [0.05, 0.1) is 11.5 Å². The minimum Gasteiger partial charge on any atom is -0.460 e. The van der Waals surface area contributed by atoms with Gasteiger partial charge in [-0.25, -0.2) is 13.6 Å². The summed E-state index contributed by atoms with van der Waals surface area (Å²) in [5.41, 5.74) is -2.02. The predicted molar refractivity (Wildman–Crippen MR) is 111 cm³/mol. The number of ether oxygens (including phenoxy) is 2. The molecule has 0 N–H and O–H groups in total. The number of amides is 1. The zero-order valence-electron chi connectivity index (χ0n) is 19.0. The van der Waals surface area contributed by atoms with Crippen LogP contribution in [0, 0.1) is 23.5 Å². The molecule has 1 amide bonds. The largest absolute Gasteiger partial charge is 0.460 e. The van der Waals surface area contributed by atoms with Crippen molar-refractivity contribution in [2.45, 2.75) is 65.6 Å². The summed E-state index contributed by atoms with van der Waals surface area (Å²) < 4.78 is 39.3. The van der Waals surface area contributed by atoms with E-state index in [4.69, 9.17) is 9.47 Å². The molecule has 0 unspecified atom stereocenters. The van der Waals surface area contributed by atoms with Crippen LogP contribution in [-0.4, -0.2) is 47.5 Å². The van der Waals surface area contributed by atoms with E-state index in [1.54, 1.807) is 41.5 Å². The first-order valence-electron chi connectivity index (χ1n) is 10.3. The fourth-order valence-electron chi connectivity index (χ4n) is 3.55. The second kappa shape index (κ2) is 9.32. The SMILES string of the molecule is CC(C)(C)OC(=O)[C@@H](Cc1ccc(F)c(C=O)c1F)[C@H]1CCN(C(=O)OC(C)(C)C)C1. The Labute approximate surface area is 181 Å². The van der Waals surface area contributed by atoms with Gasteiger partial charge in [0, 0.05) is 13.1 Å². The van der Waals surface area contributed by atoms with Gasteiger partial charge in [-0.3, -0.25) is 9.59 Å². The van der Waals surface area contributed by atoms with E-state index in [1.807, 2.05) is 0 Å². The molecule has 172 valence electrons. The third kappa shape index (κ3) is 6.74. The molecule has 1 aliphatic heterocycles. The summed E-state index contributed by atoms with van der Waals surface area (Å²) in [4.78, 5) is 38.0. The van der Waals surface area contributed by atoms with Crippen molar-refractivity contribution in [3.8, 4) is 0 Å². The molecule has 0 aliphatic carbocycles. The van der Waals surface area contributed by atoms with Gasteiger partial charge in [0.2, 0.25) is 0 Å². The van der Waals surface area contributed by atoms with Crippen molar-refractivity contribution >= 4 is 18.3 Å². The lowest BCUT2D eigenvalue weighted by Gasteiger charge is -2.28.